The number of carbonyl (C=O) groups excluding carboxylic acids is 1. The van der Waals surface area contributed by atoms with E-state index in [2.05, 4.69) is 0 Å². The number of hydrogen-bond donors (Lipinski definition) is 0. The van der Waals surface area contributed by atoms with E-state index in [0.717, 1.165) is 11.3 Å². The van der Waals surface area contributed by atoms with Gasteiger partial charge in [-0.15, -0.1) is 0 Å². The Kier molecular flexibility index (Phi) is 2.36. The van der Waals surface area contributed by atoms with Crippen LogP contribution in [0.4, 0.5) is 0 Å². The molecule has 0 bridgehead atoms. The van der Waals surface area contributed by atoms with Crippen LogP contribution < -0.4 is 4.74 Å². The maximum absolute atomic E-state index is 11.5. The van der Waals surface area contributed by atoms with Crippen molar-refractivity contribution in [3.8, 4) is 5.75 Å². The van der Waals surface area contributed by atoms with Crippen LogP contribution in [-0.4, -0.2) is 26.8 Å². The van der Waals surface area contributed by atoms with Gasteiger partial charge in [-0.1, -0.05) is 12.1 Å². The SMILES string of the molecule is COC(=O)[C@@]1(c2ccc(OC)cc2)CO1. The molecule has 1 aromatic rings. The molecule has 0 amide bonds. The molecule has 1 heterocycles. The highest BCUT2D eigenvalue weighted by Gasteiger charge is 2.55. The highest BCUT2D eigenvalue weighted by Crippen LogP contribution is 2.40. The van der Waals surface area contributed by atoms with Gasteiger partial charge in [0.2, 0.25) is 5.60 Å². The second-order valence-corrected chi connectivity index (χ2v) is 3.34. The minimum absolute atomic E-state index is 0.354. The second kappa shape index (κ2) is 3.55. The topological polar surface area (TPSA) is 48.1 Å². The van der Waals surface area contributed by atoms with Gasteiger partial charge in [0.15, 0.2) is 0 Å². The third-order valence-electron chi connectivity index (χ3n) is 2.50. The van der Waals surface area contributed by atoms with E-state index in [1.54, 1.807) is 19.2 Å². The Labute approximate surface area is 87.8 Å². The van der Waals surface area contributed by atoms with Crippen molar-refractivity contribution >= 4 is 5.97 Å². The molecule has 1 aliphatic heterocycles. The number of hydrogen-bond acceptors (Lipinski definition) is 4. The zero-order valence-electron chi connectivity index (χ0n) is 8.65. The van der Waals surface area contributed by atoms with E-state index < -0.39 is 5.60 Å². The summed E-state index contributed by atoms with van der Waals surface area (Å²) in [6.45, 7) is 0.381. The number of rotatable bonds is 3. The van der Waals surface area contributed by atoms with Gasteiger partial charge >= 0.3 is 5.97 Å². The smallest absolute Gasteiger partial charge is 0.345 e. The quantitative estimate of drug-likeness (QED) is 0.551. The van der Waals surface area contributed by atoms with Crippen molar-refractivity contribution in [1.82, 2.24) is 0 Å². The molecule has 1 atom stereocenters. The van der Waals surface area contributed by atoms with E-state index in [1.807, 2.05) is 12.1 Å². The van der Waals surface area contributed by atoms with Crippen LogP contribution in [0.2, 0.25) is 0 Å². The fourth-order valence-electron chi connectivity index (χ4n) is 1.50. The Hall–Kier alpha value is -1.55. The first-order valence-corrected chi connectivity index (χ1v) is 4.60. The van der Waals surface area contributed by atoms with Crippen molar-refractivity contribution in [2.24, 2.45) is 0 Å². The van der Waals surface area contributed by atoms with Crippen molar-refractivity contribution < 1.29 is 19.0 Å². The van der Waals surface area contributed by atoms with Crippen molar-refractivity contribution in [3.05, 3.63) is 29.8 Å². The number of carbonyl (C=O) groups is 1. The summed E-state index contributed by atoms with van der Waals surface area (Å²) >= 11 is 0. The summed E-state index contributed by atoms with van der Waals surface area (Å²) < 4.78 is 14.9. The van der Waals surface area contributed by atoms with Gasteiger partial charge in [-0.25, -0.2) is 4.79 Å². The normalized spacial score (nSPS) is 23.3. The molecule has 0 radical (unpaired) electrons. The van der Waals surface area contributed by atoms with Crippen LogP contribution in [-0.2, 0) is 19.9 Å². The lowest BCUT2D eigenvalue weighted by Gasteiger charge is -2.09. The highest BCUT2D eigenvalue weighted by molar-refractivity contribution is 5.84. The van der Waals surface area contributed by atoms with Gasteiger partial charge in [0.25, 0.3) is 0 Å². The van der Waals surface area contributed by atoms with E-state index in [0.29, 0.717) is 6.61 Å². The summed E-state index contributed by atoms with van der Waals surface area (Å²) in [6.07, 6.45) is 0. The summed E-state index contributed by atoms with van der Waals surface area (Å²) in [5, 5.41) is 0. The van der Waals surface area contributed by atoms with Gasteiger partial charge in [0.05, 0.1) is 20.8 Å². The summed E-state index contributed by atoms with van der Waals surface area (Å²) in [4.78, 5) is 11.5. The van der Waals surface area contributed by atoms with Crippen molar-refractivity contribution in [3.63, 3.8) is 0 Å². The van der Waals surface area contributed by atoms with Crippen LogP contribution in [0.25, 0.3) is 0 Å². The van der Waals surface area contributed by atoms with E-state index in [-0.39, 0.29) is 5.97 Å². The van der Waals surface area contributed by atoms with Crippen molar-refractivity contribution in [1.29, 1.82) is 0 Å². The van der Waals surface area contributed by atoms with Gasteiger partial charge in [0, 0.05) is 0 Å². The standard InChI is InChI=1S/C11H12O4/c1-13-9-5-3-8(4-6-9)11(7-15-11)10(12)14-2/h3-6H,7H2,1-2H3/t11-/m0/s1. The first kappa shape index (κ1) is 9.98. The molecule has 0 unspecified atom stereocenters. The van der Waals surface area contributed by atoms with Gasteiger partial charge in [-0.05, 0) is 17.7 Å². The number of ether oxygens (including phenoxy) is 3. The van der Waals surface area contributed by atoms with Crippen LogP contribution in [0, 0.1) is 0 Å². The third kappa shape index (κ3) is 1.57. The maximum atomic E-state index is 11.5. The fourth-order valence-corrected chi connectivity index (χ4v) is 1.50. The van der Waals surface area contributed by atoms with Gasteiger partial charge in [0.1, 0.15) is 5.75 Å². The van der Waals surface area contributed by atoms with Crippen LogP contribution in [0.5, 0.6) is 5.75 Å². The predicted molar refractivity (Wildman–Crippen MR) is 52.6 cm³/mol. The molecule has 1 saturated heterocycles. The lowest BCUT2D eigenvalue weighted by molar-refractivity contribution is -0.147. The maximum Gasteiger partial charge on any atom is 0.345 e. The Bertz CT molecular complexity index is 365. The average Bonchev–Trinajstić information content (AvgIpc) is 3.09. The molecule has 1 aliphatic rings. The molecule has 4 nitrogen and oxygen atoms in total. The van der Waals surface area contributed by atoms with Crippen molar-refractivity contribution in [2.45, 2.75) is 5.60 Å². The molecule has 0 N–H and O–H groups in total. The van der Waals surface area contributed by atoms with E-state index >= 15 is 0 Å². The van der Waals surface area contributed by atoms with Gasteiger partial charge < -0.3 is 14.2 Å². The highest BCUT2D eigenvalue weighted by atomic mass is 16.6. The predicted octanol–water partition coefficient (Wildman–Crippen LogP) is 1.09. The molecular formula is C11H12O4. The van der Waals surface area contributed by atoms with Crippen LogP contribution in [0.15, 0.2) is 24.3 Å². The summed E-state index contributed by atoms with van der Waals surface area (Å²) in [6, 6.07) is 7.20. The number of benzene rings is 1. The van der Waals surface area contributed by atoms with Gasteiger partial charge in [-0.2, -0.15) is 0 Å². The van der Waals surface area contributed by atoms with Crippen molar-refractivity contribution in [2.75, 3.05) is 20.8 Å². The number of methoxy groups -OCH3 is 2. The summed E-state index contributed by atoms with van der Waals surface area (Å²) in [5.41, 5.74) is -0.0729. The molecule has 0 saturated carbocycles. The zero-order chi connectivity index (χ0) is 10.9. The molecule has 0 aromatic heterocycles. The first-order chi connectivity index (χ1) is 7.23. The van der Waals surface area contributed by atoms with Crippen LogP contribution in [0.1, 0.15) is 5.56 Å². The average molecular weight is 208 g/mol. The van der Waals surface area contributed by atoms with Gasteiger partial charge in [-0.3, -0.25) is 0 Å². The number of esters is 1. The lowest BCUT2D eigenvalue weighted by atomic mass is 10.0. The molecule has 4 heteroatoms. The monoisotopic (exact) mass is 208 g/mol. The van der Waals surface area contributed by atoms with E-state index in [4.69, 9.17) is 14.2 Å². The first-order valence-electron chi connectivity index (χ1n) is 4.60. The molecular weight excluding hydrogens is 196 g/mol. The molecule has 15 heavy (non-hydrogen) atoms. The van der Waals surface area contributed by atoms with E-state index in [9.17, 15) is 4.79 Å². The number of epoxide rings is 1. The zero-order valence-corrected chi connectivity index (χ0v) is 8.65. The van der Waals surface area contributed by atoms with Crippen LogP contribution in [0.3, 0.4) is 0 Å². The Morgan fingerprint density at radius 1 is 1.33 bits per heavy atom. The fraction of sp³-hybridized carbons (Fsp3) is 0.364. The molecule has 0 aliphatic carbocycles. The minimum Gasteiger partial charge on any atom is -0.497 e. The Morgan fingerprint density at radius 2 is 1.93 bits per heavy atom. The molecule has 2 rings (SSSR count). The third-order valence-corrected chi connectivity index (χ3v) is 2.50. The van der Waals surface area contributed by atoms with Crippen LogP contribution >= 0.6 is 0 Å². The Morgan fingerprint density at radius 3 is 2.33 bits per heavy atom. The Balaban J connectivity index is 2.26. The summed E-state index contributed by atoms with van der Waals surface area (Å²) in [7, 11) is 2.95. The largest absolute Gasteiger partial charge is 0.497 e. The molecule has 1 aromatic carbocycles. The lowest BCUT2D eigenvalue weighted by Crippen LogP contribution is -2.23. The second-order valence-electron chi connectivity index (χ2n) is 3.34. The minimum atomic E-state index is -0.874. The molecule has 0 spiro atoms. The van der Waals surface area contributed by atoms with E-state index in [1.165, 1.54) is 7.11 Å². The molecule has 80 valence electrons. The summed E-state index contributed by atoms with van der Waals surface area (Å²) in [5.74, 6) is 0.395. The molecule has 1 fully saturated rings.